The molecule has 2 heterocycles. The number of aromatic nitrogens is 1. The molecule has 0 fully saturated rings. The number of amides is 1. The van der Waals surface area contributed by atoms with E-state index < -0.39 is 0 Å². The van der Waals surface area contributed by atoms with Crippen molar-refractivity contribution in [2.24, 2.45) is 0 Å². The smallest absolute Gasteiger partial charge is 0.223 e. The number of nitrogens with zero attached hydrogens (tertiary/aromatic N) is 1. The van der Waals surface area contributed by atoms with Crippen molar-refractivity contribution >= 4 is 16.8 Å². The van der Waals surface area contributed by atoms with E-state index >= 15 is 0 Å². The van der Waals surface area contributed by atoms with E-state index in [0.29, 0.717) is 6.42 Å². The number of fused-ring (bicyclic) bond motifs is 3. The predicted molar refractivity (Wildman–Crippen MR) is 106 cm³/mol. The van der Waals surface area contributed by atoms with Crippen LogP contribution in [0.5, 0.6) is 0 Å². The number of para-hydroxylation sites is 1. The summed E-state index contributed by atoms with van der Waals surface area (Å²) in [4.78, 5) is 18.7. The van der Waals surface area contributed by atoms with Gasteiger partial charge in [0.25, 0.3) is 0 Å². The molecule has 3 nitrogen and oxygen atoms in total. The van der Waals surface area contributed by atoms with Crippen LogP contribution in [0.4, 0.5) is 0 Å². The van der Waals surface area contributed by atoms with Gasteiger partial charge in [0.05, 0.1) is 6.04 Å². The van der Waals surface area contributed by atoms with E-state index in [1.807, 2.05) is 6.07 Å². The van der Waals surface area contributed by atoms with Gasteiger partial charge in [-0.1, -0.05) is 68.3 Å². The second kappa shape index (κ2) is 7.36. The van der Waals surface area contributed by atoms with Crippen molar-refractivity contribution in [1.82, 2.24) is 9.88 Å². The SMILES string of the molecule is CCCCCC(=O)N1CCc2c([nH]c3ccccc23)C1c1ccccc1. The minimum Gasteiger partial charge on any atom is -0.356 e. The van der Waals surface area contributed by atoms with Gasteiger partial charge in [0, 0.05) is 29.6 Å². The minimum absolute atomic E-state index is 0.0125. The molecule has 3 heteroatoms. The summed E-state index contributed by atoms with van der Waals surface area (Å²) in [6.45, 7) is 2.97. The quantitative estimate of drug-likeness (QED) is 0.632. The summed E-state index contributed by atoms with van der Waals surface area (Å²) in [5.41, 5.74) is 4.90. The largest absolute Gasteiger partial charge is 0.356 e. The van der Waals surface area contributed by atoms with E-state index in [4.69, 9.17) is 0 Å². The number of aromatic amines is 1. The number of carbonyl (C=O) groups is 1. The minimum atomic E-state index is -0.0125. The zero-order valence-electron chi connectivity index (χ0n) is 15.4. The van der Waals surface area contributed by atoms with Gasteiger partial charge in [-0.3, -0.25) is 4.79 Å². The lowest BCUT2D eigenvalue weighted by Crippen LogP contribution is -2.40. The van der Waals surface area contributed by atoms with E-state index in [2.05, 4.69) is 65.3 Å². The van der Waals surface area contributed by atoms with E-state index in [-0.39, 0.29) is 11.9 Å². The first-order valence-electron chi connectivity index (χ1n) is 9.73. The average molecular weight is 346 g/mol. The number of H-pyrrole nitrogens is 1. The number of nitrogens with one attached hydrogen (secondary N) is 1. The second-order valence-electron chi connectivity index (χ2n) is 7.17. The third-order valence-electron chi connectivity index (χ3n) is 5.46. The molecule has 0 saturated carbocycles. The Hall–Kier alpha value is -2.55. The fourth-order valence-electron chi connectivity index (χ4n) is 4.16. The van der Waals surface area contributed by atoms with E-state index in [1.54, 1.807) is 0 Å². The monoisotopic (exact) mass is 346 g/mol. The fraction of sp³-hybridized carbons (Fsp3) is 0.348. The standard InChI is InChI=1S/C23H26N2O/c1-2-3-5-14-21(26)25-16-15-19-18-12-8-9-13-20(18)24-22(19)23(25)17-10-6-4-7-11-17/h4,6-13,23-24H,2-3,5,14-16H2,1H3. The van der Waals surface area contributed by atoms with Crippen molar-refractivity contribution in [3.05, 3.63) is 71.4 Å². The van der Waals surface area contributed by atoms with Crippen molar-refractivity contribution in [3.8, 4) is 0 Å². The fourth-order valence-corrected chi connectivity index (χ4v) is 4.16. The molecule has 0 radical (unpaired) electrons. The van der Waals surface area contributed by atoms with Crippen LogP contribution in [0.25, 0.3) is 10.9 Å². The molecule has 1 aliphatic heterocycles. The zero-order chi connectivity index (χ0) is 17.9. The molecule has 0 aliphatic carbocycles. The number of carbonyl (C=O) groups excluding carboxylic acids is 1. The normalized spacial score (nSPS) is 16.7. The summed E-state index contributed by atoms with van der Waals surface area (Å²) in [7, 11) is 0. The van der Waals surface area contributed by atoms with Gasteiger partial charge >= 0.3 is 0 Å². The van der Waals surface area contributed by atoms with Crippen LogP contribution in [-0.4, -0.2) is 22.3 Å². The lowest BCUT2D eigenvalue weighted by atomic mass is 9.92. The third kappa shape index (κ3) is 3.03. The Morgan fingerprint density at radius 2 is 1.85 bits per heavy atom. The van der Waals surface area contributed by atoms with Crippen molar-refractivity contribution in [2.45, 2.75) is 45.1 Å². The highest BCUT2D eigenvalue weighted by molar-refractivity contribution is 5.86. The molecular weight excluding hydrogens is 320 g/mol. The Kier molecular flexibility index (Phi) is 4.79. The van der Waals surface area contributed by atoms with Gasteiger partial charge in [-0.2, -0.15) is 0 Å². The number of benzene rings is 2. The molecule has 1 unspecified atom stereocenters. The van der Waals surface area contributed by atoms with Gasteiger partial charge in [0.1, 0.15) is 0 Å². The van der Waals surface area contributed by atoms with Crippen molar-refractivity contribution < 1.29 is 4.79 Å². The predicted octanol–water partition coefficient (Wildman–Crippen LogP) is 5.22. The Morgan fingerprint density at radius 3 is 2.65 bits per heavy atom. The highest BCUT2D eigenvalue weighted by Gasteiger charge is 2.33. The maximum atomic E-state index is 13.0. The summed E-state index contributed by atoms with van der Waals surface area (Å²) in [5, 5.41) is 1.29. The average Bonchev–Trinajstić information content (AvgIpc) is 3.06. The molecule has 0 saturated heterocycles. The van der Waals surface area contributed by atoms with E-state index in [1.165, 1.54) is 27.7 Å². The molecule has 0 spiro atoms. The van der Waals surface area contributed by atoms with Gasteiger partial charge < -0.3 is 9.88 Å². The second-order valence-corrected chi connectivity index (χ2v) is 7.17. The molecule has 1 amide bonds. The van der Waals surface area contributed by atoms with Gasteiger partial charge in [-0.25, -0.2) is 0 Å². The van der Waals surface area contributed by atoms with Gasteiger partial charge in [-0.05, 0) is 30.0 Å². The summed E-state index contributed by atoms with van der Waals surface area (Å²) in [6, 6.07) is 18.9. The lowest BCUT2D eigenvalue weighted by Gasteiger charge is -2.36. The number of unbranched alkanes of at least 4 members (excludes halogenated alkanes) is 2. The third-order valence-corrected chi connectivity index (χ3v) is 5.46. The topological polar surface area (TPSA) is 36.1 Å². The Labute approximate surface area is 155 Å². The molecule has 26 heavy (non-hydrogen) atoms. The summed E-state index contributed by atoms with van der Waals surface area (Å²) >= 11 is 0. The Bertz CT molecular complexity index is 897. The van der Waals surface area contributed by atoms with Crippen LogP contribution in [-0.2, 0) is 11.2 Å². The summed E-state index contributed by atoms with van der Waals surface area (Å²) < 4.78 is 0. The first kappa shape index (κ1) is 16.9. The molecule has 2 aromatic carbocycles. The maximum Gasteiger partial charge on any atom is 0.223 e. The van der Waals surface area contributed by atoms with Gasteiger partial charge in [0.15, 0.2) is 0 Å². The number of hydrogen-bond acceptors (Lipinski definition) is 1. The van der Waals surface area contributed by atoms with E-state index in [9.17, 15) is 4.79 Å². The van der Waals surface area contributed by atoms with Crippen LogP contribution in [0.3, 0.4) is 0 Å². The molecule has 134 valence electrons. The molecule has 1 aromatic heterocycles. The van der Waals surface area contributed by atoms with Crippen LogP contribution in [0, 0.1) is 0 Å². The van der Waals surface area contributed by atoms with Crippen LogP contribution >= 0.6 is 0 Å². The molecule has 3 aromatic rings. The van der Waals surface area contributed by atoms with Crippen LogP contribution in [0.15, 0.2) is 54.6 Å². The number of rotatable bonds is 5. The molecular formula is C23H26N2O. The summed E-state index contributed by atoms with van der Waals surface area (Å²) in [5.74, 6) is 0.275. The lowest BCUT2D eigenvalue weighted by molar-refractivity contribution is -0.133. The number of hydrogen-bond donors (Lipinski definition) is 1. The van der Waals surface area contributed by atoms with Crippen LogP contribution in [0.2, 0.25) is 0 Å². The molecule has 4 rings (SSSR count). The van der Waals surface area contributed by atoms with E-state index in [0.717, 1.165) is 32.2 Å². The van der Waals surface area contributed by atoms with Crippen LogP contribution in [0.1, 0.15) is 55.5 Å². The van der Waals surface area contributed by atoms with Crippen molar-refractivity contribution in [3.63, 3.8) is 0 Å². The molecule has 1 aliphatic rings. The Balaban J connectivity index is 1.75. The molecule has 0 bridgehead atoms. The van der Waals surface area contributed by atoms with Crippen molar-refractivity contribution in [1.29, 1.82) is 0 Å². The van der Waals surface area contributed by atoms with Gasteiger partial charge in [-0.15, -0.1) is 0 Å². The molecule has 1 atom stereocenters. The molecule has 1 N–H and O–H groups in total. The van der Waals surface area contributed by atoms with Crippen molar-refractivity contribution in [2.75, 3.05) is 6.54 Å². The zero-order valence-corrected chi connectivity index (χ0v) is 15.4. The summed E-state index contributed by atoms with van der Waals surface area (Å²) in [6.07, 6.45) is 4.80. The first-order valence-corrected chi connectivity index (χ1v) is 9.73. The first-order chi connectivity index (χ1) is 12.8. The maximum absolute atomic E-state index is 13.0. The van der Waals surface area contributed by atoms with Gasteiger partial charge in [0.2, 0.25) is 5.91 Å². The highest BCUT2D eigenvalue weighted by atomic mass is 16.2. The van der Waals surface area contributed by atoms with Crippen LogP contribution < -0.4 is 0 Å². The Morgan fingerprint density at radius 1 is 1.08 bits per heavy atom. The highest BCUT2D eigenvalue weighted by Crippen LogP contribution is 2.38.